The normalized spacial score (nSPS) is 10.2. The minimum absolute atomic E-state index is 0.0124. The molecule has 0 heterocycles. The molecular formula is C13H16FN3O. The number of primary amides is 1. The lowest BCUT2D eigenvalue weighted by Gasteiger charge is -2.26. The van der Waals surface area contributed by atoms with Crippen molar-refractivity contribution in [1.29, 1.82) is 5.26 Å². The van der Waals surface area contributed by atoms with Crippen molar-refractivity contribution in [1.82, 2.24) is 0 Å². The van der Waals surface area contributed by atoms with Crippen molar-refractivity contribution in [3.05, 3.63) is 29.6 Å². The lowest BCUT2D eigenvalue weighted by atomic mass is 10.1. The third-order valence-corrected chi connectivity index (χ3v) is 2.35. The van der Waals surface area contributed by atoms with Gasteiger partial charge in [-0.1, -0.05) is 13.8 Å². The van der Waals surface area contributed by atoms with Gasteiger partial charge in [0.2, 0.25) is 5.91 Å². The van der Waals surface area contributed by atoms with Crippen molar-refractivity contribution in [2.75, 3.05) is 18.0 Å². The molecule has 0 aromatic heterocycles. The van der Waals surface area contributed by atoms with E-state index in [1.165, 1.54) is 12.1 Å². The highest BCUT2D eigenvalue weighted by Gasteiger charge is 2.15. The second-order valence-corrected chi connectivity index (χ2v) is 4.51. The zero-order chi connectivity index (χ0) is 13.7. The molecule has 96 valence electrons. The molecule has 1 aromatic rings. The Morgan fingerprint density at radius 3 is 2.72 bits per heavy atom. The molecule has 0 aliphatic heterocycles. The van der Waals surface area contributed by atoms with E-state index < -0.39 is 11.7 Å². The summed E-state index contributed by atoms with van der Waals surface area (Å²) in [4.78, 5) is 12.8. The highest BCUT2D eigenvalue weighted by Crippen LogP contribution is 2.21. The molecular weight excluding hydrogens is 233 g/mol. The maximum absolute atomic E-state index is 13.1. The summed E-state index contributed by atoms with van der Waals surface area (Å²) in [6.45, 7) is 4.56. The largest absolute Gasteiger partial charge is 0.368 e. The summed E-state index contributed by atoms with van der Waals surface area (Å²) in [7, 11) is 0. The summed E-state index contributed by atoms with van der Waals surface area (Å²) < 4.78 is 13.1. The zero-order valence-electron chi connectivity index (χ0n) is 10.5. The molecule has 18 heavy (non-hydrogen) atoms. The number of hydrogen-bond donors (Lipinski definition) is 1. The quantitative estimate of drug-likeness (QED) is 0.862. The third-order valence-electron chi connectivity index (χ3n) is 2.35. The lowest BCUT2D eigenvalue weighted by Crippen LogP contribution is -2.36. The number of rotatable bonds is 5. The Hall–Kier alpha value is -2.09. The van der Waals surface area contributed by atoms with Crippen molar-refractivity contribution in [3.8, 4) is 6.07 Å². The van der Waals surface area contributed by atoms with E-state index in [0.717, 1.165) is 6.07 Å². The van der Waals surface area contributed by atoms with Gasteiger partial charge in [-0.25, -0.2) is 4.39 Å². The van der Waals surface area contributed by atoms with Crippen molar-refractivity contribution in [2.24, 2.45) is 11.7 Å². The minimum Gasteiger partial charge on any atom is -0.368 e. The monoisotopic (exact) mass is 249 g/mol. The molecule has 0 atom stereocenters. The number of amides is 1. The molecule has 1 aromatic carbocycles. The fourth-order valence-electron chi connectivity index (χ4n) is 1.75. The van der Waals surface area contributed by atoms with Gasteiger partial charge in [0.05, 0.1) is 17.8 Å². The summed E-state index contributed by atoms with van der Waals surface area (Å²) in [5.74, 6) is -0.663. The third kappa shape index (κ3) is 3.74. The second-order valence-electron chi connectivity index (χ2n) is 4.51. The van der Waals surface area contributed by atoms with Crippen LogP contribution in [0, 0.1) is 23.1 Å². The van der Waals surface area contributed by atoms with Crippen LogP contribution >= 0.6 is 0 Å². The fraction of sp³-hybridized carbons (Fsp3) is 0.385. The molecule has 0 aliphatic carbocycles. The predicted octanol–water partition coefficient (Wildman–Crippen LogP) is 1.65. The van der Waals surface area contributed by atoms with Crippen LogP contribution < -0.4 is 10.6 Å². The highest BCUT2D eigenvalue weighted by atomic mass is 19.1. The number of nitrogens with zero attached hydrogens (tertiary/aromatic N) is 2. The van der Waals surface area contributed by atoms with Crippen molar-refractivity contribution >= 4 is 11.6 Å². The molecule has 0 fully saturated rings. The first-order valence-corrected chi connectivity index (χ1v) is 5.67. The van der Waals surface area contributed by atoms with Gasteiger partial charge >= 0.3 is 0 Å². The van der Waals surface area contributed by atoms with Crippen LogP contribution in [-0.2, 0) is 4.79 Å². The summed E-state index contributed by atoms with van der Waals surface area (Å²) in [6, 6.07) is 5.85. The van der Waals surface area contributed by atoms with Gasteiger partial charge in [0.15, 0.2) is 0 Å². The molecule has 2 N–H and O–H groups in total. The Kier molecular flexibility index (Phi) is 4.67. The number of nitriles is 1. The molecule has 0 bridgehead atoms. The average molecular weight is 249 g/mol. The molecule has 4 nitrogen and oxygen atoms in total. The minimum atomic E-state index is -0.483. The van der Waals surface area contributed by atoms with Gasteiger partial charge in [-0.3, -0.25) is 4.79 Å². The fourth-order valence-corrected chi connectivity index (χ4v) is 1.75. The molecule has 0 saturated carbocycles. The molecule has 0 spiro atoms. The summed E-state index contributed by atoms with van der Waals surface area (Å²) in [5, 5.41) is 9.00. The number of carbonyl (C=O) groups is 1. The topological polar surface area (TPSA) is 70.1 Å². The van der Waals surface area contributed by atoms with Crippen LogP contribution in [0.3, 0.4) is 0 Å². The van der Waals surface area contributed by atoms with E-state index in [1.54, 1.807) is 4.90 Å². The van der Waals surface area contributed by atoms with Crippen LogP contribution in [0.1, 0.15) is 19.4 Å². The Balaban J connectivity index is 3.12. The number of nitrogens with two attached hydrogens (primary N) is 1. The maximum Gasteiger partial charge on any atom is 0.236 e. The van der Waals surface area contributed by atoms with E-state index in [0.29, 0.717) is 18.2 Å². The number of anilines is 1. The van der Waals surface area contributed by atoms with Gasteiger partial charge in [0.25, 0.3) is 0 Å². The van der Waals surface area contributed by atoms with Crippen molar-refractivity contribution in [3.63, 3.8) is 0 Å². The first-order valence-electron chi connectivity index (χ1n) is 5.67. The van der Waals surface area contributed by atoms with Gasteiger partial charge < -0.3 is 10.6 Å². The Morgan fingerprint density at radius 2 is 2.22 bits per heavy atom. The molecule has 1 amide bonds. The first kappa shape index (κ1) is 14.0. The zero-order valence-corrected chi connectivity index (χ0v) is 10.5. The van der Waals surface area contributed by atoms with E-state index in [-0.39, 0.29) is 12.1 Å². The predicted molar refractivity (Wildman–Crippen MR) is 67.4 cm³/mol. The first-order chi connectivity index (χ1) is 8.43. The van der Waals surface area contributed by atoms with Crippen LogP contribution in [0.5, 0.6) is 0 Å². The number of hydrogen-bond acceptors (Lipinski definition) is 3. The van der Waals surface area contributed by atoms with Gasteiger partial charge in [-0.05, 0) is 24.1 Å². The van der Waals surface area contributed by atoms with Gasteiger partial charge in [-0.15, -0.1) is 0 Å². The number of carbonyl (C=O) groups excluding carboxylic acids is 1. The average Bonchev–Trinajstić information content (AvgIpc) is 2.26. The molecule has 1 rings (SSSR count). The molecule has 0 aliphatic rings. The molecule has 0 radical (unpaired) electrons. The van der Waals surface area contributed by atoms with E-state index in [4.69, 9.17) is 11.0 Å². The molecule has 0 unspecified atom stereocenters. The number of benzene rings is 1. The second kappa shape index (κ2) is 6.01. The SMILES string of the molecule is CC(C)CN(CC(N)=O)c1ccc(F)cc1C#N. The van der Waals surface area contributed by atoms with Crippen LogP contribution in [0.2, 0.25) is 0 Å². The summed E-state index contributed by atoms with van der Waals surface area (Å²) in [6.07, 6.45) is 0. The Bertz CT molecular complexity index is 480. The lowest BCUT2D eigenvalue weighted by molar-refractivity contribution is -0.116. The van der Waals surface area contributed by atoms with Crippen LogP contribution in [0.15, 0.2) is 18.2 Å². The molecule has 0 saturated heterocycles. The van der Waals surface area contributed by atoms with Crippen LogP contribution in [-0.4, -0.2) is 19.0 Å². The van der Waals surface area contributed by atoms with Gasteiger partial charge in [0, 0.05) is 6.54 Å². The maximum atomic E-state index is 13.1. The Morgan fingerprint density at radius 1 is 1.56 bits per heavy atom. The smallest absolute Gasteiger partial charge is 0.236 e. The van der Waals surface area contributed by atoms with E-state index >= 15 is 0 Å². The van der Waals surface area contributed by atoms with Crippen molar-refractivity contribution < 1.29 is 9.18 Å². The van der Waals surface area contributed by atoms with Gasteiger partial charge in [-0.2, -0.15) is 5.26 Å². The van der Waals surface area contributed by atoms with Crippen molar-refractivity contribution in [2.45, 2.75) is 13.8 Å². The highest BCUT2D eigenvalue weighted by molar-refractivity contribution is 5.80. The van der Waals surface area contributed by atoms with E-state index in [1.807, 2.05) is 19.9 Å². The number of halogens is 1. The Labute approximate surface area is 106 Å². The van der Waals surface area contributed by atoms with E-state index in [9.17, 15) is 9.18 Å². The van der Waals surface area contributed by atoms with Crippen LogP contribution in [0.4, 0.5) is 10.1 Å². The molecule has 5 heteroatoms. The van der Waals surface area contributed by atoms with E-state index in [2.05, 4.69) is 0 Å². The van der Waals surface area contributed by atoms with Gasteiger partial charge in [0.1, 0.15) is 11.9 Å². The summed E-state index contributed by atoms with van der Waals surface area (Å²) in [5.41, 5.74) is 5.93. The van der Waals surface area contributed by atoms with Crippen LogP contribution in [0.25, 0.3) is 0 Å². The standard InChI is InChI=1S/C13H16FN3O/c1-9(2)7-17(8-13(16)18)12-4-3-11(14)5-10(12)6-15/h3-5,9H,7-8H2,1-2H3,(H2,16,18). The summed E-state index contributed by atoms with van der Waals surface area (Å²) >= 11 is 0.